The Labute approximate surface area is 191 Å². The molecule has 0 amide bonds. The smallest absolute Gasteiger partial charge is 0.303 e. The van der Waals surface area contributed by atoms with Gasteiger partial charge in [0.25, 0.3) is 0 Å². The lowest BCUT2D eigenvalue weighted by Crippen LogP contribution is -2.62. The summed E-state index contributed by atoms with van der Waals surface area (Å²) in [6.45, 7) is 2.81. The molecular formula is C20H32O13. The van der Waals surface area contributed by atoms with Crippen molar-refractivity contribution in [2.45, 2.75) is 76.1 Å². The van der Waals surface area contributed by atoms with Gasteiger partial charge in [-0.3, -0.25) is 14.4 Å². The SMILES string of the molecule is CO[C@H]1O[C@H](CO)[C@@H](O[C@H]2O[C@@H](COC(C)=O)[C@@H](OC(C)=O)[C@@H]2OC(C)=O)[C@H](OC)[C@H]1OC. The Morgan fingerprint density at radius 2 is 1.27 bits per heavy atom. The number of aliphatic hydroxyl groups is 1. The largest absolute Gasteiger partial charge is 0.463 e. The van der Waals surface area contributed by atoms with Crippen molar-refractivity contribution in [1.29, 1.82) is 0 Å². The Balaban J connectivity index is 2.33. The van der Waals surface area contributed by atoms with Gasteiger partial charge >= 0.3 is 17.9 Å². The molecule has 2 aliphatic heterocycles. The predicted molar refractivity (Wildman–Crippen MR) is 106 cm³/mol. The van der Waals surface area contributed by atoms with Crippen molar-refractivity contribution in [3.05, 3.63) is 0 Å². The van der Waals surface area contributed by atoms with Crippen LogP contribution >= 0.6 is 0 Å². The van der Waals surface area contributed by atoms with Crippen molar-refractivity contribution in [3.8, 4) is 0 Å². The van der Waals surface area contributed by atoms with Crippen molar-refractivity contribution in [2.75, 3.05) is 34.5 Å². The van der Waals surface area contributed by atoms with Crippen molar-refractivity contribution >= 4 is 17.9 Å². The van der Waals surface area contributed by atoms with Gasteiger partial charge in [0.2, 0.25) is 0 Å². The second kappa shape index (κ2) is 12.6. The monoisotopic (exact) mass is 480 g/mol. The third kappa shape index (κ3) is 6.82. The van der Waals surface area contributed by atoms with Gasteiger partial charge < -0.3 is 47.7 Å². The van der Waals surface area contributed by atoms with Crippen molar-refractivity contribution in [1.82, 2.24) is 0 Å². The third-order valence-corrected chi connectivity index (χ3v) is 5.16. The van der Waals surface area contributed by atoms with E-state index in [0.29, 0.717) is 0 Å². The summed E-state index contributed by atoms with van der Waals surface area (Å²) in [6.07, 6.45) is -8.86. The number of methoxy groups -OCH3 is 3. The Morgan fingerprint density at radius 1 is 0.697 bits per heavy atom. The Kier molecular flexibility index (Phi) is 10.4. The second-order valence-electron chi connectivity index (χ2n) is 7.46. The maximum Gasteiger partial charge on any atom is 0.303 e. The van der Waals surface area contributed by atoms with E-state index in [4.69, 9.17) is 42.6 Å². The summed E-state index contributed by atoms with van der Waals surface area (Å²) in [4.78, 5) is 34.8. The number of hydrogen-bond acceptors (Lipinski definition) is 13. The van der Waals surface area contributed by atoms with Crippen molar-refractivity contribution < 1.29 is 62.1 Å². The molecule has 9 atom stereocenters. The summed E-state index contributed by atoms with van der Waals surface area (Å²) in [6, 6.07) is 0. The summed E-state index contributed by atoms with van der Waals surface area (Å²) in [5.41, 5.74) is 0. The summed E-state index contributed by atoms with van der Waals surface area (Å²) < 4.78 is 49.6. The lowest BCUT2D eigenvalue weighted by molar-refractivity contribution is -0.332. The van der Waals surface area contributed by atoms with Crippen LogP contribution in [0.3, 0.4) is 0 Å². The maximum absolute atomic E-state index is 11.8. The van der Waals surface area contributed by atoms with E-state index in [9.17, 15) is 19.5 Å². The number of hydrogen-bond donors (Lipinski definition) is 1. The van der Waals surface area contributed by atoms with Gasteiger partial charge in [-0.25, -0.2) is 0 Å². The van der Waals surface area contributed by atoms with E-state index in [2.05, 4.69) is 0 Å². The van der Waals surface area contributed by atoms with Gasteiger partial charge in [-0.05, 0) is 0 Å². The molecule has 13 nitrogen and oxygen atoms in total. The highest BCUT2D eigenvalue weighted by Crippen LogP contribution is 2.34. The van der Waals surface area contributed by atoms with Gasteiger partial charge in [0.15, 0.2) is 24.8 Å². The van der Waals surface area contributed by atoms with Gasteiger partial charge in [0.05, 0.1) is 6.61 Å². The fourth-order valence-electron chi connectivity index (χ4n) is 3.84. The van der Waals surface area contributed by atoms with Gasteiger partial charge in [0, 0.05) is 42.1 Å². The van der Waals surface area contributed by atoms with E-state index < -0.39 is 79.8 Å². The molecule has 0 aromatic heterocycles. The second-order valence-corrected chi connectivity index (χ2v) is 7.46. The van der Waals surface area contributed by atoms with Gasteiger partial charge in [-0.2, -0.15) is 0 Å². The molecule has 2 aliphatic rings. The summed E-state index contributed by atoms with van der Waals surface area (Å²) in [7, 11) is 4.27. The molecule has 13 heteroatoms. The Hall–Kier alpha value is -1.87. The Morgan fingerprint density at radius 3 is 1.76 bits per heavy atom. The standard InChI is InChI=1S/C20H32O13/c1-9(22)28-8-13-15(29-10(2)23)18(30-11(3)24)20(32-13)33-14-12(7-21)31-19(27-6)17(26-5)16(14)25-4/h12-21H,7-8H2,1-6H3/t12-,13+,14-,15-,16+,17-,18+,19+,20-/m1/s1. The minimum absolute atomic E-state index is 0.282. The summed E-state index contributed by atoms with van der Waals surface area (Å²) >= 11 is 0. The van der Waals surface area contributed by atoms with Crippen molar-refractivity contribution in [2.24, 2.45) is 0 Å². The van der Waals surface area contributed by atoms with E-state index in [1.54, 1.807) is 0 Å². The summed E-state index contributed by atoms with van der Waals surface area (Å²) in [5.74, 6) is -1.93. The first-order chi connectivity index (χ1) is 15.7. The first-order valence-electron chi connectivity index (χ1n) is 10.3. The first kappa shape index (κ1) is 27.4. The van der Waals surface area contributed by atoms with Gasteiger partial charge in [0.1, 0.15) is 37.1 Å². The number of carbonyl (C=O) groups is 3. The number of esters is 3. The Bertz CT molecular complexity index is 670. The van der Waals surface area contributed by atoms with Crippen LogP contribution in [0.4, 0.5) is 0 Å². The number of aliphatic hydroxyl groups excluding tert-OH is 1. The lowest BCUT2D eigenvalue weighted by Gasteiger charge is -2.45. The summed E-state index contributed by atoms with van der Waals surface area (Å²) in [5, 5.41) is 9.89. The zero-order valence-corrected chi connectivity index (χ0v) is 19.5. The van der Waals surface area contributed by atoms with E-state index in [1.807, 2.05) is 0 Å². The van der Waals surface area contributed by atoms with Crippen LogP contribution in [-0.4, -0.2) is 113 Å². The maximum atomic E-state index is 11.8. The lowest BCUT2D eigenvalue weighted by atomic mass is 9.98. The topological polar surface area (TPSA) is 155 Å². The molecule has 1 N–H and O–H groups in total. The fraction of sp³-hybridized carbons (Fsp3) is 0.850. The third-order valence-electron chi connectivity index (χ3n) is 5.16. The predicted octanol–water partition coefficient (Wildman–Crippen LogP) is -1.08. The zero-order chi connectivity index (χ0) is 24.7. The quantitative estimate of drug-likeness (QED) is 0.298. The normalized spacial score (nSPS) is 36.3. The molecule has 2 fully saturated rings. The molecule has 2 heterocycles. The van der Waals surface area contributed by atoms with E-state index in [0.717, 1.165) is 0 Å². The zero-order valence-electron chi connectivity index (χ0n) is 19.5. The van der Waals surface area contributed by atoms with Crippen LogP contribution in [0, 0.1) is 0 Å². The van der Waals surface area contributed by atoms with Crippen LogP contribution in [-0.2, 0) is 57.0 Å². The highest BCUT2D eigenvalue weighted by Gasteiger charge is 2.55. The van der Waals surface area contributed by atoms with Crippen LogP contribution in [0.1, 0.15) is 20.8 Å². The molecule has 2 saturated heterocycles. The average molecular weight is 480 g/mol. The molecule has 2 rings (SSSR count). The van der Waals surface area contributed by atoms with Crippen LogP contribution in [0.5, 0.6) is 0 Å². The fourth-order valence-corrected chi connectivity index (χ4v) is 3.84. The molecule has 0 aromatic carbocycles. The minimum Gasteiger partial charge on any atom is -0.463 e. The van der Waals surface area contributed by atoms with Crippen molar-refractivity contribution in [3.63, 3.8) is 0 Å². The molecule has 0 spiro atoms. The molecule has 33 heavy (non-hydrogen) atoms. The molecule has 0 radical (unpaired) electrons. The molecule has 0 bridgehead atoms. The first-order valence-corrected chi connectivity index (χ1v) is 10.3. The van der Waals surface area contributed by atoms with Crippen LogP contribution in [0.2, 0.25) is 0 Å². The molecule has 0 aliphatic carbocycles. The van der Waals surface area contributed by atoms with Gasteiger partial charge in [-0.1, -0.05) is 0 Å². The minimum atomic E-state index is -1.28. The average Bonchev–Trinajstić information content (AvgIpc) is 3.06. The van der Waals surface area contributed by atoms with E-state index >= 15 is 0 Å². The molecule has 0 aromatic rings. The van der Waals surface area contributed by atoms with Gasteiger partial charge in [-0.15, -0.1) is 0 Å². The molecular weight excluding hydrogens is 448 g/mol. The highest BCUT2D eigenvalue weighted by atomic mass is 16.8. The van der Waals surface area contributed by atoms with Crippen LogP contribution < -0.4 is 0 Å². The van der Waals surface area contributed by atoms with Crippen LogP contribution in [0.25, 0.3) is 0 Å². The molecule has 0 saturated carbocycles. The van der Waals surface area contributed by atoms with E-state index in [1.165, 1.54) is 42.1 Å². The number of ether oxygens (including phenoxy) is 9. The van der Waals surface area contributed by atoms with E-state index in [-0.39, 0.29) is 6.61 Å². The molecule has 0 unspecified atom stereocenters. The number of carbonyl (C=O) groups excluding carboxylic acids is 3. The number of rotatable bonds is 10. The van der Waals surface area contributed by atoms with Crippen LogP contribution in [0.15, 0.2) is 0 Å². The highest BCUT2D eigenvalue weighted by molar-refractivity contribution is 5.68. The molecule has 190 valence electrons.